The largest absolute Gasteiger partial charge is 0.508 e. The number of aliphatic hydroxyl groups is 1. The second-order valence-corrected chi connectivity index (χ2v) is 3.96. The van der Waals surface area contributed by atoms with Crippen molar-refractivity contribution >= 4 is 0 Å². The van der Waals surface area contributed by atoms with E-state index in [4.69, 9.17) is 0 Å². The highest BCUT2D eigenvalue weighted by atomic mass is 16.3. The maximum absolute atomic E-state index is 9.59. The Morgan fingerprint density at radius 3 is 2.92 bits per heavy atom. The van der Waals surface area contributed by atoms with Gasteiger partial charge in [-0.3, -0.25) is 0 Å². The minimum absolute atomic E-state index is 0.0384. The Hall–Kier alpha value is -0.980. The number of allylic oxidation sites excluding steroid dienone is 4. The van der Waals surface area contributed by atoms with E-state index in [0.29, 0.717) is 5.76 Å². The summed E-state index contributed by atoms with van der Waals surface area (Å²) >= 11 is 0. The second-order valence-electron chi connectivity index (χ2n) is 3.96. The van der Waals surface area contributed by atoms with Gasteiger partial charge >= 0.3 is 0 Å². The number of aliphatic hydroxyl groups excluding tert-OH is 1. The van der Waals surface area contributed by atoms with Gasteiger partial charge in [0.05, 0.1) is 0 Å². The number of hydrogen-bond acceptors (Lipinski definition) is 1. The summed E-state index contributed by atoms with van der Waals surface area (Å²) in [6.07, 6.45) is 8.75. The summed E-state index contributed by atoms with van der Waals surface area (Å²) in [6.45, 7) is 8.09. The van der Waals surface area contributed by atoms with Gasteiger partial charge in [-0.15, -0.1) is 6.58 Å². The molecular formula is C12H18O. The van der Waals surface area contributed by atoms with Crippen LogP contribution in [-0.2, 0) is 0 Å². The fourth-order valence-electron chi connectivity index (χ4n) is 1.65. The zero-order valence-electron chi connectivity index (χ0n) is 8.51. The van der Waals surface area contributed by atoms with Crippen molar-refractivity contribution in [3.63, 3.8) is 0 Å². The summed E-state index contributed by atoms with van der Waals surface area (Å²) < 4.78 is 0. The van der Waals surface area contributed by atoms with Crippen LogP contribution >= 0.6 is 0 Å². The summed E-state index contributed by atoms with van der Waals surface area (Å²) in [5, 5.41) is 9.59. The zero-order chi connectivity index (χ0) is 9.90. The highest BCUT2D eigenvalue weighted by Gasteiger charge is 2.23. The zero-order valence-corrected chi connectivity index (χ0v) is 8.51. The van der Waals surface area contributed by atoms with Crippen LogP contribution in [0.4, 0.5) is 0 Å². The van der Waals surface area contributed by atoms with Crippen molar-refractivity contribution in [1.82, 2.24) is 0 Å². The first-order valence-corrected chi connectivity index (χ1v) is 4.85. The first-order valence-electron chi connectivity index (χ1n) is 4.85. The lowest BCUT2D eigenvalue weighted by atomic mass is 9.78. The second kappa shape index (κ2) is 3.82. The maximum atomic E-state index is 9.59. The lowest BCUT2D eigenvalue weighted by Crippen LogP contribution is -2.14. The Bertz CT molecular complexity index is 260. The molecule has 0 aromatic rings. The molecule has 1 atom stereocenters. The van der Waals surface area contributed by atoms with Crippen LogP contribution in [-0.4, -0.2) is 5.11 Å². The van der Waals surface area contributed by atoms with Crippen molar-refractivity contribution in [3.8, 4) is 0 Å². The van der Waals surface area contributed by atoms with Gasteiger partial charge in [-0.1, -0.05) is 32.4 Å². The predicted molar refractivity (Wildman–Crippen MR) is 56.6 cm³/mol. The van der Waals surface area contributed by atoms with Gasteiger partial charge in [0, 0.05) is 5.41 Å². The molecule has 0 radical (unpaired) electrons. The molecule has 0 fully saturated rings. The van der Waals surface area contributed by atoms with Crippen molar-refractivity contribution in [2.75, 3.05) is 0 Å². The van der Waals surface area contributed by atoms with E-state index >= 15 is 0 Å². The van der Waals surface area contributed by atoms with E-state index in [0.717, 1.165) is 24.8 Å². The van der Waals surface area contributed by atoms with Gasteiger partial charge in [0.2, 0.25) is 0 Å². The number of hydrogen-bond donors (Lipinski definition) is 1. The van der Waals surface area contributed by atoms with E-state index in [1.54, 1.807) is 6.08 Å². The van der Waals surface area contributed by atoms with E-state index in [1.807, 2.05) is 12.2 Å². The molecule has 13 heavy (non-hydrogen) atoms. The third-order valence-corrected chi connectivity index (χ3v) is 2.60. The summed E-state index contributed by atoms with van der Waals surface area (Å²) in [7, 11) is 0. The van der Waals surface area contributed by atoms with Gasteiger partial charge in [-0.2, -0.15) is 0 Å². The Labute approximate surface area is 80.5 Å². The van der Waals surface area contributed by atoms with Crippen molar-refractivity contribution in [2.24, 2.45) is 5.41 Å². The topological polar surface area (TPSA) is 20.2 Å². The van der Waals surface area contributed by atoms with Gasteiger partial charge in [-0.05, 0) is 24.5 Å². The molecule has 0 heterocycles. The Balaban J connectivity index is 2.83. The van der Waals surface area contributed by atoms with Gasteiger partial charge in [0.25, 0.3) is 0 Å². The SMILES string of the molecule is C=CC1(C)C=CC(O)=C(CCC)C1. The van der Waals surface area contributed by atoms with Crippen molar-refractivity contribution in [2.45, 2.75) is 33.1 Å². The summed E-state index contributed by atoms with van der Waals surface area (Å²) in [6, 6.07) is 0. The Morgan fingerprint density at radius 2 is 2.38 bits per heavy atom. The third kappa shape index (κ3) is 2.24. The lowest BCUT2D eigenvalue weighted by molar-refractivity contribution is 0.394. The fourth-order valence-corrected chi connectivity index (χ4v) is 1.65. The van der Waals surface area contributed by atoms with Crippen LogP contribution in [0.25, 0.3) is 0 Å². The highest BCUT2D eigenvalue weighted by molar-refractivity contribution is 5.30. The first kappa shape index (κ1) is 10.1. The molecule has 0 saturated heterocycles. The summed E-state index contributed by atoms with van der Waals surface area (Å²) in [5.74, 6) is 0.459. The van der Waals surface area contributed by atoms with Crippen molar-refractivity contribution in [1.29, 1.82) is 0 Å². The monoisotopic (exact) mass is 178 g/mol. The predicted octanol–water partition coefficient (Wildman–Crippen LogP) is 3.75. The van der Waals surface area contributed by atoms with Crippen LogP contribution in [0.5, 0.6) is 0 Å². The molecular weight excluding hydrogens is 160 g/mol. The summed E-state index contributed by atoms with van der Waals surface area (Å²) in [4.78, 5) is 0. The van der Waals surface area contributed by atoms with Crippen LogP contribution in [0, 0.1) is 5.41 Å². The molecule has 72 valence electrons. The first-order chi connectivity index (χ1) is 6.11. The average molecular weight is 178 g/mol. The highest BCUT2D eigenvalue weighted by Crippen LogP contribution is 2.35. The van der Waals surface area contributed by atoms with E-state index in [1.165, 1.54) is 0 Å². The van der Waals surface area contributed by atoms with Gasteiger partial charge in [0.1, 0.15) is 5.76 Å². The van der Waals surface area contributed by atoms with E-state index in [9.17, 15) is 5.11 Å². The fraction of sp³-hybridized carbons (Fsp3) is 0.500. The van der Waals surface area contributed by atoms with E-state index < -0.39 is 0 Å². The third-order valence-electron chi connectivity index (χ3n) is 2.60. The van der Waals surface area contributed by atoms with Gasteiger partial charge in [0.15, 0.2) is 0 Å². The van der Waals surface area contributed by atoms with Crippen molar-refractivity contribution in [3.05, 3.63) is 36.1 Å². The smallest absolute Gasteiger partial charge is 0.114 e. The van der Waals surface area contributed by atoms with Gasteiger partial charge < -0.3 is 5.11 Å². The molecule has 0 saturated carbocycles. The molecule has 1 aliphatic carbocycles. The Kier molecular flexibility index (Phi) is 2.97. The molecule has 0 spiro atoms. The van der Waals surface area contributed by atoms with Crippen LogP contribution in [0.1, 0.15) is 33.1 Å². The molecule has 1 nitrogen and oxygen atoms in total. The van der Waals surface area contributed by atoms with Crippen molar-refractivity contribution < 1.29 is 5.11 Å². The Morgan fingerprint density at radius 1 is 1.69 bits per heavy atom. The molecule has 1 aliphatic rings. The number of rotatable bonds is 3. The maximum Gasteiger partial charge on any atom is 0.114 e. The van der Waals surface area contributed by atoms with Crippen LogP contribution in [0.15, 0.2) is 36.1 Å². The molecule has 1 unspecified atom stereocenters. The average Bonchev–Trinajstić information content (AvgIpc) is 2.12. The summed E-state index contributed by atoms with van der Waals surface area (Å²) in [5.41, 5.74) is 1.20. The van der Waals surface area contributed by atoms with Crippen LogP contribution in [0.2, 0.25) is 0 Å². The van der Waals surface area contributed by atoms with E-state index in [-0.39, 0.29) is 5.41 Å². The minimum Gasteiger partial charge on any atom is -0.508 e. The lowest BCUT2D eigenvalue weighted by Gasteiger charge is -2.27. The molecule has 1 rings (SSSR count). The molecule has 0 amide bonds. The molecule has 0 bridgehead atoms. The molecule has 0 aromatic heterocycles. The molecule has 0 aliphatic heterocycles. The molecule has 0 aromatic carbocycles. The standard InChI is InChI=1S/C12H18O/c1-4-6-10-9-12(3,5-2)8-7-11(10)13/h5,7-8,13H,2,4,6,9H2,1,3H3. The molecule has 1 N–H and O–H groups in total. The van der Waals surface area contributed by atoms with Crippen LogP contribution in [0.3, 0.4) is 0 Å². The quantitative estimate of drug-likeness (QED) is 0.652. The normalized spacial score (nSPS) is 27.8. The molecule has 1 heteroatoms. The minimum atomic E-state index is 0.0384. The van der Waals surface area contributed by atoms with Gasteiger partial charge in [-0.25, -0.2) is 0 Å². The van der Waals surface area contributed by atoms with Crippen LogP contribution < -0.4 is 0 Å². The van der Waals surface area contributed by atoms with E-state index in [2.05, 4.69) is 20.4 Å².